The van der Waals surface area contributed by atoms with Crippen LogP contribution in [0.4, 0.5) is 0 Å². The molecule has 1 N–H and O–H groups in total. The van der Waals surface area contributed by atoms with Gasteiger partial charge in [0.2, 0.25) is 0 Å². The van der Waals surface area contributed by atoms with E-state index in [1.54, 1.807) is 0 Å². The first-order valence-corrected chi connectivity index (χ1v) is 5.48. The number of halogens is 1. The molecule has 1 aromatic rings. The smallest absolute Gasteiger partial charge is 0.0468 e. The van der Waals surface area contributed by atoms with Gasteiger partial charge in [-0.1, -0.05) is 36.7 Å². The third-order valence-corrected chi connectivity index (χ3v) is 3.82. The third kappa shape index (κ3) is 1.35. The normalized spacial score (nSPS) is 30.4. The van der Waals surface area contributed by atoms with Crippen LogP contribution in [0.5, 0.6) is 0 Å². The fourth-order valence-corrected chi connectivity index (χ4v) is 2.76. The molecule has 1 aliphatic rings. The van der Waals surface area contributed by atoms with Gasteiger partial charge in [0.1, 0.15) is 0 Å². The van der Waals surface area contributed by atoms with E-state index in [0.29, 0.717) is 5.92 Å². The van der Waals surface area contributed by atoms with Gasteiger partial charge in [0, 0.05) is 17.0 Å². The molecule has 0 heterocycles. The summed E-state index contributed by atoms with van der Waals surface area (Å²) >= 11 is 6.17. The summed E-state index contributed by atoms with van der Waals surface area (Å²) in [4.78, 5) is 0. The molecule has 0 spiro atoms. The van der Waals surface area contributed by atoms with Crippen molar-refractivity contribution in [2.24, 2.45) is 5.92 Å². The Morgan fingerprint density at radius 3 is 2.71 bits per heavy atom. The summed E-state index contributed by atoms with van der Waals surface area (Å²) in [7, 11) is 0. The Morgan fingerprint density at radius 1 is 1.50 bits per heavy atom. The van der Waals surface area contributed by atoms with Crippen molar-refractivity contribution in [1.82, 2.24) is 0 Å². The van der Waals surface area contributed by atoms with Gasteiger partial charge in [0.15, 0.2) is 0 Å². The number of benzene rings is 1. The van der Waals surface area contributed by atoms with Gasteiger partial charge in [0.25, 0.3) is 0 Å². The molecule has 1 aromatic carbocycles. The molecule has 0 saturated heterocycles. The van der Waals surface area contributed by atoms with Crippen molar-refractivity contribution in [2.45, 2.75) is 25.2 Å². The molecule has 0 radical (unpaired) electrons. The minimum atomic E-state index is 0.160. The van der Waals surface area contributed by atoms with Crippen molar-refractivity contribution >= 4 is 11.6 Å². The van der Waals surface area contributed by atoms with Crippen molar-refractivity contribution < 1.29 is 5.11 Å². The number of hydrogen-bond acceptors (Lipinski definition) is 1. The number of aliphatic hydroxyl groups excluding tert-OH is 1. The van der Waals surface area contributed by atoms with Gasteiger partial charge in [-0.15, -0.1) is 0 Å². The monoisotopic (exact) mass is 210 g/mol. The molecule has 76 valence electrons. The Hall–Kier alpha value is -0.530. The number of aliphatic hydroxyl groups is 1. The van der Waals surface area contributed by atoms with Gasteiger partial charge in [0.05, 0.1) is 0 Å². The standard InChI is InChI=1S/C12H15ClO/c1-2-12(7-9(12)8-14)10-5-3-4-6-11(10)13/h3-6,9,14H,2,7-8H2,1H3. The third-order valence-electron chi connectivity index (χ3n) is 3.49. The number of hydrogen-bond donors (Lipinski definition) is 1. The van der Waals surface area contributed by atoms with Gasteiger partial charge in [-0.25, -0.2) is 0 Å². The topological polar surface area (TPSA) is 20.2 Å². The summed E-state index contributed by atoms with van der Waals surface area (Å²) in [5, 5.41) is 10.0. The van der Waals surface area contributed by atoms with E-state index in [1.807, 2.05) is 18.2 Å². The maximum absolute atomic E-state index is 9.18. The zero-order valence-corrected chi connectivity index (χ0v) is 9.09. The Labute approximate surface area is 89.7 Å². The molecule has 1 saturated carbocycles. The lowest BCUT2D eigenvalue weighted by atomic mass is 9.90. The second-order valence-corrected chi connectivity index (χ2v) is 4.48. The van der Waals surface area contributed by atoms with Crippen LogP contribution in [0.1, 0.15) is 25.3 Å². The van der Waals surface area contributed by atoms with E-state index in [1.165, 1.54) is 5.56 Å². The molecule has 1 aliphatic carbocycles. The zero-order chi connectivity index (χ0) is 10.2. The highest BCUT2D eigenvalue weighted by molar-refractivity contribution is 6.31. The first kappa shape index (κ1) is 10.0. The molecule has 0 bridgehead atoms. The average molecular weight is 211 g/mol. The fourth-order valence-electron chi connectivity index (χ4n) is 2.44. The Kier molecular flexibility index (Phi) is 2.54. The van der Waals surface area contributed by atoms with Crippen LogP contribution in [0.25, 0.3) is 0 Å². The molecule has 2 rings (SSSR count). The summed E-state index contributed by atoms with van der Waals surface area (Å²) in [6.07, 6.45) is 2.13. The molecule has 0 amide bonds. The molecule has 2 atom stereocenters. The van der Waals surface area contributed by atoms with Crippen molar-refractivity contribution in [2.75, 3.05) is 6.61 Å². The van der Waals surface area contributed by atoms with E-state index in [0.717, 1.165) is 17.9 Å². The summed E-state index contributed by atoms with van der Waals surface area (Å²) in [5.74, 6) is 0.410. The molecule has 0 aromatic heterocycles. The lowest BCUT2D eigenvalue weighted by molar-refractivity contribution is 0.262. The lowest BCUT2D eigenvalue weighted by Crippen LogP contribution is -2.11. The fraction of sp³-hybridized carbons (Fsp3) is 0.500. The van der Waals surface area contributed by atoms with Crippen molar-refractivity contribution in [3.63, 3.8) is 0 Å². The van der Waals surface area contributed by atoms with Gasteiger partial charge in [-0.05, 0) is 30.4 Å². The molecular weight excluding hydrogens is 196 g/mol. The van der Waals surface area contributed by atoms with E-state index >= 15 is 0 Å². The van der Waals surface area contributed by atoms with Crippen LogP contribution in [0, 0.1) is 5.92 Å². The molecule has 1 nitrogen and oxygen atoms in total. The second kappa shape index (κ2) is 3.56. The molecule has 14 heavy (non-hydrogen) atoms. The summed E-state index contributed by atoms with van der Waals surface area (Å²) in [6, 6.07) is 7.99. The summed E-state index contributed by atoms with van der Waals surface area (Å²) in [6.45, 7) is 2.44. The molecule has 0 aliphatic heterocycles. The minimum absolute atomic E-state index is 0.160. The SMILES string of the molecule is CCC1(c2ccccc2Cl)CC1CO. The summed E-state index contributed by atoms with van der Waals surface area (Å²) < 4.78 is 0. The van der Waals surface area contributed by atoms with E-state index in [4.69, 9.17) is 11.6 Å². The Bertz CT molecular complexity index is 337. The maximum atomic E-state index is 9.18. The van der Waals surface area contributed by atoms with Crippen LogP contribution in [-0.2, 0) is 5.41 Å². The highest BCUT2D eigenvalue weighted by Crippen LogP contribution is 2.57. The highest BCUT2D eigenvalue weighted by Gasteiger charge is 2.53. The second-order valence-electron chi connectivity index (χ2n) is 4.07. The van der Waals surface area contributed by atoms with Gasteiger partial charge < -0.3 is 5.11 Å². The molecule has 2 unspecified atom stereocenters. The molecular formula is C12H15ClO. The van der Waals surface area contributed by atoms with Crippen LogP contribution in [0.15, 0.2) is 24.3 Å². The first-order chi connectivity index (χ1) is 6.74. The molecule has 1 fully saturated rings. The predicted octanol–water partition coefficient (Wildman–Crippen LogP) is 3.00. The van der Waals surface area contributed by atoms with E-state index in [9.17, 15) is 5.11 Å². The van der Waals surface area contributed by atoms with Gasteiger partial charge in [-0.2, -0.15) is 0 Å². The van der Waals surface area contributed by atoms with E-state index < -0.39 is 0 Å². The van der Waals surface area contributed by atoms with Crippen LogP contribution in [-0.4, -0.2) is 11.7 Å². The quantitative estimate of drug-likeness (QED) is 0.813. The Balaban J connectivity index is 2.35. The van der Waals surface area contributed by atoms with E-state index in [-0.39, 0.29) is 12.0 Å². The van der Waals surface area contributed by atoms with Crippen molar-refractivity contribution in [3.8, 4) is 0 Å². The average Bonchev–Trinajstić information content (AvgIpc) is 2.93. The van der Waals surface area contributed by atoms with Crippen LogP contribution < -0.4 is 0 Å². The predicted molar refractivity (Wildman–Crippen MR) is 58.6 cm³/mol. The van der Waals surface area contributed by atoms with Crippen LogP contribution >= 0.6 is 11.6 Å². The van der Waals surface area contributed by atoms with Crippen molar-refractivity contribution in [3.05, 3.63) is 34.9 Å². The largest absolute Gasteiger partial charge is 0.396 e. The zero-order valence-electron chi connectivity index (χ0n) is 8.33. The van der Waals surface area contributed by atoms with Gasteiger partial charge in [-0.3, -0.25) is 0 Å². The molecule has 2 heteroatoms. The maximum Gasteiger partial charge on any atom is 0.0468 e. The highest BCUT2D eigenvalue weighted by atomic mass is 35.5. The summed E-state index contributed by atoms with van der Waals surface area (Å²) in [5.41, 5.74) is 1.37. The van der Waals surface area contributed by atoms with E-state index in [2.05, 4.69) is 13.0 Å². The van der Waals surface area contributed by atoms with Crippen LogP contribution in [0.3, 0.4) is 0 Å². The Morgan fingerprint density at radius 2 is 2.21 bits per heavy atom. The van der Waals surface area contributed by atoms with Crippen LogP contribution in [0.2, 0.25) is 5.02 Å². The lowest BCUT2D eigenvalue weighted by Gasteiger charge is -2.16. The first-order valence-electron chi connectivity index (χ1n) is 5.10. The van der Waals surface area contributed by atoms with Crippen molar-refractivity contribution in [1.29, 1.82) is 0 Å². The number of rotatable bonds is 3. The van der Waals surface area contributed by atoms with Gasteiger partial charge >= 0.3 is 0 Å². The minimum Gasteiger partial charge on any atom is -0.396 e.